The highest BCUT2D eigenvalue weighted by Crippen LogP contribution is 2.20. The third kappa shape index (κ3) is 2.83. The lowest BCUT2D eigenvalue weighted by atomic mass is 10.2. The van der Waals surface area contributed by atoms with E-state index in [9.17, 15) is 0 Å². The summed E-state index contributed by atoms with van der Waals surface area (Å²) in [7, 11) is 0. The normalized spacial score (nSPS) is 14.3. The first kappa shape index (κ1) is 10.7. The standard InChI is InChI=1S/C13H15N3/c14-10-12-6-8-16-13(9-12)15-7-5-11-3-1-2-4-11/h3,6,8-9H,1-2,4-5,7H2,(H,15,16). The number of nitriles is 1. The molecule has 2 rings (SSSR count). The molecule has 0 atom stereocenters. The summed E-state index contributed by atoms with van der Waals surface area (Å²) in [6.07, 6.45) is 8.86. The van der Waals surface area contributed by atoms with E-state index < -0.39 is 0 Å². The molecule has 82 valence electrons. The van der Waals surface area contributed by atoms with E-state index in [1.165, 1.54) is 19.3 Å². The van der Waals surface area contributed by atoms with Crippen LogP contribution >= 0.6 is 0 Å². The van der Waals surface area contributed by atoms with E-state index in [2.05, 4.69) is 22.4 Å². The van der Waals surface area contributed by atoms with Crippen LogP contribution in [0.3, 0.4) is 0 Å². The van der Waals surface area contributed by atoms with Crippen LogP contribution in [0.5, 0.6) is 0 Å². The quantitative estimate of drug-likeness (QED) is 0.782. The highest BCUT2D eigenvalue weighted by atomic mass is 15.0. The van der Waals surface area contributed by atoms with E-state index in [0.29, 0.717) is 5.56 Å². The molecule has 3 heteroatoms. The Morgan fingerprint density at radius 1 is 1.50 bits per heavy atom. The zero-order valence-corrected chi connectivity index (χ0v) is 9.24. The van der Waals surface area contributed by atoms with E-state index in [1.807, 2.05) is 0 Å². The van der Waals surface area contributed by atoms with E-state index in [4.69, 9.17) is 5.26 Å². The molecule has 0 aliphatic heterocycles. The van der Waals surface area contributed by atoms with Gasteiger partial charge in [0, 0.05) is 12.7 Å². The van der Waals surface area contributed by atoms with Crippen LogP contribution in [0.2, 0.25) is 0 Å². The minimum atomic E-state index is 0.651. The van der Waals surface area contributed by atoms with Crippen molar-refractivity contribution in [3.05, 3.63) is 35.5 Å². The first-order chi connectivity index (χ1) is 7.88. The molecule has 1 N–H and O–H groups in total. The number of anilines is 1. The molecule has 0 amide bonds. The van der Waals surface area contributed by atoms with Crippen molar-refractivity contribution in [2.75, 3.05) is 11.9 Å². The number of aromatic nitrogens is 1. The van der Waals surface area contributed by atoms with Crippen molar-refractivity contribution in [3.63, 3.8) is 0 Å². The molecule has 0 saturated carbocycles. The number of rotatable bonds is 4. The maximum Gasteiger partial charge on any atom is 0.127 e. The number of hydrogen-bond acceptors (Lipinski definition) is 3. The van der Waals surface area contributed by atoms with Gasteiger partial charge in [-0.2, -0.15) is 5.26 Å². The van der Waals surface area contributed by atoms with Crippen LogP contribution in [0.25, 0.3) is 0 Å². The van der Waals surface area contributed by atoms with E-state index in [0.717, 1.165) is 18.8 Å². The van der Waals surface area contributed by atoms with E-state index in [-0.39, 0.29) is 0 Å². The maximum atomic E-state index is 8.75. The summed E-state index contributed by atoms with van der Waals surface area (Å²) in [5, 5.41) is 12.0. The zero-order valence-electron chi connectivity index (χ0n) is 9.24. The molecule has 1 aromatic heterocycles. The third-order valence-electron chi connectivity index (χ3n) is 2.78. The predicted octanol–water partition coefficient (Wildman–Crippen LogP) is 2.87. The van der Waals surface area contributed by atoms with Gasteiger partial charge in [0.1, 0.15) is 5.82 Å². The van der Waals surface area contributed by atoms with Crippen LogP contribution in [-0.2, 0) is 0 Å². The van der Waals surface area contributed by atoms with Gasteiger partial charge in [-0.25, -0.2) is 4.98 Å². The van der Waals surface area contributed by atoms with Crippen LogP contribution in [-0.4, -0.2) is 11.5 Å². The smallest absolute Gasteiger partial charge is 0.127 e. The van der Waals surface area contributed by atoms with E-state index >= 15 is 0 Å². The minimum absolute atomic E-state index is 0.651. The van der Waals surface area contributed by atoms with Gasteiger partial charge < -0.3 is 5.32 Å². The van der Waals surface area contributed by atoms with Gasteiger partial charge in [0.25, 0.3) is 0 Å². The lowest BCUT2D eigenvalue weighted by molar-refractivity contribution is 0.862. The van der Waals surface area contributed by atoms with E-state index in [1.54, 1.807) is 23.9 Å². The summed E-state index contributed by atoms with van der Waals surface area (Å²) in [6.45, 7) is 0.897. The third-order valence-corrected chi connectivity index (χ3v) is 2.78. The van der Waals surface area contributed by atoms with Gasteiger partial charge in [-0.1, -0.05) is 11.6 Å². The largest absolute Gasteiger partial charge is 0.370 e. The van der Waals surface area contributed by atoms with Crippen LogP contribution in [0.1, 0.15) is 31.2 Å². The zero-order chi connectivity index (χ0) is 11.2. The summed E-state index contributed by atoms with van der Waals surface area (Å²) < 4.78 is 0. The highest BCUT2D eigenvalue weighted by Gasteiger charge is 2.03. The SMILES string of the molecule is N#Cc1ccnc(NCCC2=CCCC2)c1. The number of nitrogens with zero attached hydrogens (tertiary/aromatic N) is 2. The average molecular weight is 213 g/mol. The minimum Gasteiger partial charge on any atom is -0.370 e. The number of pyridine rings is 1. The fraction of sp³-hybridized carbons (Fsp3) is 0.385. The van der Waals surface area contributed by atoms with Crippen LogP contribution in [0, 0.1) is 11.3 Å². The molecular weight excluding hydrogens is 198 g/mol. The second-order valence-electron chi connectivity index (χ2n) is 3.97. The molecule has 1 aliphatic carbocycles. The average Bonchev–Trinajstić information content (AvgIpc) is 2.82. The van der Waals surface area contributed by atoms with Gasteiger partial charge in [-0.3, -0.25) is 0 Å². The summed E-state index contributed by atoms with van der Waals surface area (Å²) in [5.41, 5.74) is 2.20. The molecule has 0 radical (unpaired) electrons. The molecule has 0 fully saturated rings. The predicted molar refractivity (Wildman–Crippen MR) is 64.0 cm³/mol. The molecule has 0 unspecified atom stereocenters. The van der Waals surface area contributed by atoms with Crippen LogP contribution in [0.4, 0.5) is 5.82 Å². The van der Waals surface area contributed by atoms with Crippen molar-refractivity contribution < 1.29 is 0 Å². The van der Waals surface area contributed by atoms with Crippen LogP contribution in [0.15, 0.2) is 30.0 Å². The Morgan fingerprint density at radius 3 is 3.19 bits per heavy atom. The van der Waals surface area contributed by atoms with Crippen molar-refractivity contribution in [3.8, 4) is 6.07 Å². The van der Waals surface area contributed by atoms with Gasteiger partial charge >= 0.3 is 0 Å². The van der Waals surface area contributed by atoms with Crippen molar-refractivity contribution in [1.82, 2.24) is 4.98 Å². The van der Waals surface area contributed by atoms with Crippen molar-refractivity contribution >= 4 is 5.82 Å². The van der Waals surface area contributed by atoms with Gasteiger partial charge in [-0.05, 0) is 37.8 Å². The molecular formula is C13H15N3. The Kier molecular flexibility index (Phi) is 3.55. The molecule has 1 aromatic rings. The molecule has 1 aliphatic rings. The molecule has 3 nitrogen and oxygen atoms in total. The first-order valence-corrected chi connectivity index (χ1v) is 5.66. The topological polar surface area (TPSA) is 48.7 Å². The summed E-state index contributed by atoms with van der Waals surface area (Å²) in [5.74, 6) is 0.789. The summed E-state index contributed by atoms with van der Waals surface area (Å²) >= 11 is 0. The summed E-state index contributed by atoms with van der Waals surface area (Å²) in [4.78, 5) is 4.17. The monoisotopic (exact) mass is 213 g/mol. The Bertz CT molecular complexity index is 429. The van der Waals surface area contributed by atoms with Crippen molar-refractivity contribution in [1.29, 1.82) is 5.26 Å². The molecule has 0 aromatic carbocycles. The molecule has 0 bridgehead atoms. The molecule has 1 heterocycles. The van der Waals surface area contributed by atoms with Gasteiger partial charge in [0.2, 0.25) is 0 Å². The summed E-state index contributed by atoms with van der Waals surface area (Å²) in [6, 6.07) is 5.60. The number of hydrogen-bond donors (Lipinski definition) is 1. The molecule has 16 heavy (non-hydrogen) atoms. The fourth-order valence-electron chi connectivity index (χ4n) is 1.91. The lowest BCUT2D eigenvalue weighted by Gasteiger charge is -2.05. The second kappa shape index (κ2) is 5.32. The fourth-order valence-corrected chi connectivity index (χ4v) is 1.91. The lowest BCUT2D eigenvalue weighted by Crippen LogP contribution is -2.03. The number of allylic oxidation sites excluding steroid dienone is 1. The van der Waals surface area contributed by atoms with Crippen molar-refractivity contribution in [2.45, 2.75) is 25.7 Å². The Balaban J connectivity index is 1.82. The Labute approximate surface area is 95.8 Å². The highest BCUT2D eigenvalue weighted by molar-refractivity contribution is 5.42. The molecule has 0 saturated heterocycles. The van der Waals surface area contributed by atoms with Gasteiger partial charge in [-0.15, -0.1) is 0 Å². The van der Waals surface area contributed by atoms with Crippen LogP contribution < -0.4 is 5.32 Å². The van der Waals surface area contributed by atoms with Gasteiger partial charge in [0.15, 0.2) is 0 Å². The second-order valence-corrected chi connectivity index (χ2v) is 3.97. The molecule has 0 spiro atoms. The Morgan fingerprint density at radius 2 is 2.44 bits per heavy atom. The number of nitrogens with one attached hydrogen (secondary N) is 1. The first-order valence-electron chi connectivity index (χ1n) is 5.66. The maximum absolute atomic E-state index is 8.75. The van der Waals surface area contributed by atoms with Gasteiger partial charge in [0.05, 0.1) is 11.6 Å². The van der Waals surface area contributed by atoms with Crippen molar-refractivity contribution in [2.24, 2.45) is 0 Å². The Hall–Kier alpha value is -1.82.